The molecule has 2 aliphatic rings. The van der Waals surface area contributed by atoms with E-state index in [0.29, 0.717) is 6.42 Å². The number of hydrogen-bond donors (Lipinski definition) is 0. The summed E-state index contributed by atoms with van der Waals surface area (Å²) in [5.41, 5.74) is 31.2. The predicted octanol–water partition coefficient (Wildman–Crippen LogP) is 28.2. The molecule has 1 atom stereocenters. The Morgan fingerprint density at radius 2 is 0.632 bits per heavy atom. The molecule has 0 bridgehead atoms. The van der Waals surface area contributed by atoms with Gasteiger partial charge in [0.2, 0.25) is 0 Å². The zero-order valence-corrected chi connectivity index (χ0v) is 58.5. The molecule has 106 heavy (non-hydrogen) atoms. The maximum Gasteiger partial charge on any atom is 0.138 e. The summed E-state index contributed by atoms with van der Waals surface area (Å²) in [6.45, 7) is 7.15. The first-order chi connectivity index (χ1) is 52.1. The van der Waals surface area contributed by atoms with Crippen molar-refractivity contribution in [2.24, 2.45) is 0 Å². The van der Waals surface area contributed by atoms with Gasteiger partial charge >= 0.3 is 0 Å². The highest BCUT2D eigenvalue weighted by atomic mass is 16.3. The normalized spacial score (nSPS) is 14.3. The van der Waals surface area contributed by atoms with Gasteiger partial charge in [-0.2, -0.15) is 0 Å². The van der Waals surface area contributed by atoms with Crippen molar-refractivity contribution < 1.29 is 17.7 Å². The lowest BCUT2D eigenvalue weighted by Crippen LogP contribution is -2.24. The Bertz CT molecular complexity index is 7060. The van der Waals surface area contributed by atoms with E-state index in [2.05, 4.69) is 340 Å². The van der Waals surface area contributed by atoms with E-state index >= 15 is 0 Å². The molecule has 16 aromatic carbocycles. The summed E-state index contributed by atoms with van der Waals surface area (Å²) >= 11 is 0. The predicted molar refractivity (Wildman–Crippen MR) is 438 cm³/mol. The number of rotatable bonds is 11. The van der Waals surface area contributed by atoms with Crippen LogP contribution in [0.2, 0.25) is 0 Å². The second-order valence-corrected chi connectivity index (χ2v) is 29.6. The van der Waals surface area contributed by atoms with Gasteiger partial charge < -0.3 is 27.5 Å². The topological polar surface area (TPSA) is 59.0 Å². The van der Waals surface area contributed by atoms with Crippen molar-refractivity contribution in [1.29, 1.82) is 0 Å². The molecule has 0 saturated carbocycles. The zero-order valence-electron chi connectivity index (χ0n) is 58.5. The number of nitrogens with zero attached hydrogens (tertiary/aromatic N) is 2. The molecular formula is C100H66N2O4. The fourth-order valence-corrected chi connectivity index (χ4v) is 18.1. The van der Waals surface area contributed by atoms with E-state index in [1.807, 2.05) is 24.3 Å². The molecule has 0 N–H and O–H groups in total. The number of fused-ring (bicyclic) bond motifs is 19. The van der Waals surface area contributed by atoms with Crippen LogP contribution < -0.4 is 9.80 Å². The van der Waals surface area contributed by atoms with E-state index < -0.39 is 5.41 Å². The van der Waals surface area contributed by atoms with E-state index in [0.717, 1.165) is 172 Å². The van der Waals surface area contributed by atoms with Gasteiger partial charge in [0.25, 0.3) is 0 Å². The lowest BCUT2D eigenvalue weighted by Gasteiger charge is -2.30. The zero-order chi connectivity index (χ0) is 70.1. The molecule has 2 aliphatic carbocycles. The molecule has 4 aromatic heterocycles. The Hall–Kier alpha value is -13.4. The second kappa shape index (κ2) is 22.8. The minimum atomic E-state index is -0.446. The van der Waals surface area contributed by atoms with E-state index in [1.54, 1.807) is 0 Å². The van der Waals surface area contributed by atoms with Crippen molar-refractivity contribution >= 4 is 133 Å². The Kier molecular flexibility index (Phi) is 12.9. The Morgan fingerprint density at radius 3 is 1.28 bits per heavy atom. The van der Waals surface area contributed by atoms with E-state index in [1.165, 1.54) is 44.5 Å². The Morgan fingerprint density at radius 1 is 0.236 bits per heavy atom. The number of para-hydroxylation sites is 4. The van der Waals surface area contributed by atoms with Gasteiger partial charge in [-0.05, 0) is 217 Å². The number of anilines is 6. The van der Waals surface area contributed by atoms with Crippen LogP contribution in [-0.4, -0.2) is 0 Å². The highest BCUT2D eigenvalue weighted by Crippen LogP contribution is 2.56. The highest BCUT2D eigenvalue weighted by molar-refractivity contribution is 6.13. The van der Waals surface area contributed by atoms with E-state index in [9.17, 15) is 0 Å². The number of hydrogen-bond acceptors (Lipinski definition) is 6. The van der Waals surface area contributed by atoms with Gasteiger partial charge in [0.05, 0.1) is 5.69 Å². The smallest absolute Gasteiger partial charge is 0.138 e. The van der Waals surface area contributed by atoms with Crippen molar-refractivity contribution in [3.8, 4) is 55.6 Å². The first-order valence-corrected chi connectivity index (χ1v) is 36.6. The van der Waals surface area contributed by atoms with Gasteiger partial charge in [-0.1, -0.05) is 233 Å². The van der Waals surface area contributed by atoms with Gasteiger partial charge in [-0.3, -0.25) is 0 Å². The molecule has 22 rings (SSSR count). The van der Waals surface area contributed by atoms with Crippen LogP contribution in [0, 0.1) is 0 Å². The van der Waals surface area contributed by atoms with Crippen LogP contribution in [-0.2, 0) is 17.3 Å². The highest BCUT2D eigenvalue weighted by Gasteiger charge is 2.41. The number of furan rings is 4. The molecular weight excluding hydrogens is 1290 g/mol. The molecule has 0 spiro atoms. The monoisotopic (exact) mass is 1360 g/mol. The minimum Gasteiger partial charge on any atom is -0.456 e. The molecule has 20 aromatic rings. The third-order valence-corrected chi connectivity index (χ3v) is 23.4. The van der Waals surface area contributed by atoms with E-state index in [4.69, 9.17) is 17.7 Å². The summed E-state index contributed by atoms with van der Waals surface area (Å²) in [7, 11) is 0. The van der Waals surface area contributed by atoms with Crippen LogP contribution in [0.3, 0.4) is 0 Å². The fourth-order valence-electron chi connectivity index (χ4n) is 18.1. The molecule has 0 radical (unpaired) electrons. The summed E-state index contributed by atoms with van der Waals surface area (Å²) in [4.78, 5) is 4.86. The molecule has 4 heterocycles. The van der Waals surface area contributed by atoms with Crippen molar-refractivity contribution in [3.05, 3.63) is 361 Å². The molecule has 6 heteroatoms. The largest absolute Gasteiger partial charge is 0.456 e. The molecule has 0 amide bonds. The first-order valence-electron chi connectivity index (χ1n) is 36.6. The SMILES string of the molecule is CC1(C)c2ccccc2-c2ccc(N(c3ccc4oc5ccccc5c4c3)c3ccc(-c4ccc5oc6c(CC7(C)c8ccccc8-c8ccc(N(c9ccc(-c%10ccc(-c%11ccc%12oc%13ccccc%13c%12c%11)cc%10)cc9)c9ccc%10oc%11ccccc%11c%10c9)cc87)cccc6c5c4)c4ccccc34)cc21. The first kappa shape index (κ1) is 60.2. The van der Waals surface area contributed by atoms with Crippen LogP contribution in [0.25, 0.3) is 154 Å². The van der Waals surface area contributed by atoms with Crippen molar-refractivity contribution in [3.63, 3.8) is 0 Å². The lowest BCUT2D eigenvalue weighted by molar-refractivity contribution is 0.575. The van der Waals surface area contributed by atoms with E-state index in [-0.39, 0.29) is 5.41 Å². The van der Waals surface area contributed by atoms with Crippen molar-refractivity contribution in [2.45, 2.75) is 38.0 Å². The summed E-state index contributed by atoms with van der Waals surface area (Å²) in [6.07, 6.45) is 0.709. The van der Waals surface area contributed by atoms with Gasteiger partial charge in [0.15, 0.2) is 0 Å². The van der Waals surface area contributed by atoms with Gasteiger partial charge in [0, 0.05) is 87.7 Å². The fraction of sp³-hybridized carbons (Fsp3) is 0.0600. The summed E-state index contributed by atoms with van der Waals surface area (Å²) in [5.74, 6) is 0. The average molecular weight is 1360 g/mol. The molecule has 6 nitrogen and oxygen atoms in total. The summed E-state index contributed by atoms with van der Waals surface area (Å²) in [6, 6.07) is 122. The van der Waals surface area contributed by atoms with Crippen LogP contribution in [0.15, 0.2) is 351 Å². The average Bonchev–Trinajstić information content (AvgIpc) is 1.54. The van der Waals surface area contributed by atoms with Crippen LogP contribution >= 0.6 is 0 Å². The maximum atomic E-state index is 7.16. The van der Waals surface area contributed by atoms with Crippen molar-refractivity contribution in [2.75, 3.05) is 9.80 Å². The van der Waals surface area contributed by atoms with Crippen LogP contribution in [0.4, 0.5) is 34.1 Å². The lowest BCUT2D eigenvalue weighted by atomic mass is 9.75. The molecule has 0 fully saturated rings. The van der Waals surface area contributed by atoms with Crippen molar-refractivity contribution in [1.82, 2.24) is 0 Å². The summed E-state index contributed by atoms with van der Waals surface area (Å²) in [5, 5.41) is 11.1. The third kappa shape index (κ3) is 9.10. The van der Waals surface area contributed by atoms with Gasteiger partial charge in [0.1, 0.15) is 44.7 Å². The second-order valence-electron chi connectivity index (χ2n) is 29.6. The standard InChI is InChI=1S/C100H66N2O4/c1-99(2)86-26-11-6-19-73(86)75-45-42-70(57-88(75)99)102(68-44-52-96-85(56-68)80-24-10-15-30-93(80)105-96)90-48-47-71(72-18-4-5-21-77(72)90)64-38-50-97-83(54-64)81-25-16-17-65(98(81)106-97)59-100(3)87-27-12-7-20-74(87)76-46-41-69(58-89(76)100)101(67-43-51-95-84(55-67)79-23-9-14-29-92(79)104-95)66-39-35-61(36-40-66)60-31-33-62(34-32-60)63-37-49-94-82(53-63)78-22-8-13-28-91(78)103-94/h4-58H,59H2,1-3H3. The quantitative estimate of drug-likeness (QED) is 0.129. The van der Waals surface area contributed by atoms with Gasteiger partial charge in [-0.15, -0.1) is 0 Å². The van der Waals surface area contributed by atoms with Crippen LogP contribution in [0.5, 0.6) is 0 Å². The number of benzene rings is 16. The molecule has 500 valence electrons. The Labute approximate surface area is 611 Å². The van der Waals surface area contributed by atoms with Gasteiger partial charge in [-0.25, -0.2) is 0 Å². The summed E-state index contributed by atoms with van der Waals surface area (Å²) < 4.78 is 26.2. The Balaban J connectivity index is 0.625. The third-order valence-electron chi connectivity index (χ3n) is 23.4. The van der Waals surface area contributed by atoms with Crippen LogP contribution in [0.1, 0.15) is 48.6 Å². The molecule has 1 unspecified atom stereocenters. The maximum absolute atomic E-state index is 7.16. The minimum absolute atomic E-state index is 0.183. The molecule has 0 saturated heterocycles. The molecule has 0 aliphatic heterocycles.